The van der Waals surface area contributed by atoms with E-state index < -0.39 is 0 Å². The maximum atomic E-state index is 11.8. The normalized spacial score (nSPS) is 12.4. The van der Waals surface area contributed by atoms with Gasteiger partial charge in [-0.1, -0.05) is 44.2 Å². The third-order valence-corrected chi connectivity index (χ3v) is 4.80. The van der Waals surface area contributed by atoms with E-state index in [9.17, 15) is 4.79 Å². The average Bonchev–Trinajstić information content (AvgIpc) is 2.72. The number of hydrogen-bond donors (Lipinski definition) is 2. The van der Waals surface area contributed by atoms with Crippen molar-refractivity contribution in [2.45, 2.75) is 46.4 Å². The molecule has 7 heteroatoms. The van der Waals surface area contributed by atoms with Crippen LogP contribution in [-0.2, 0) is 17.8 Å². The molecule has 0 aliphatic rings. The fraction of sp³-hybridized carbons (Fsp3) is 0.478. The Hall–Kier alpha value is -1.87. The van der Waals surface area contributed by atoms with Crippen molar-refractivity contribution < 1.29 is 4.74 Å². The summed E-state index contributed by atoms with van der Waals surface area (Å²) in [6.45, 7) is 9.22. The molecule has 1 heterocycles. The second-order valence-electron chi connectivity index (χ2n) is 7.36. The lowest BCUT2D eigenvalue weighted by molar-refractivity contribution is 0.0258. The molecule has 0 aliphatic carbocycles. The molecule has 2 aromatic rings. The summed E-state index contributed by atoms with van der Waals surface area (Å²) in [5.41, 5.74) is 2.27. The van der Waals surface area contributed by atoms with Crippen molar-refractivity contribution in [2.24, 2.45) is 10.9 Å². The van der Waals surface area contributed by atoms with Crippen LogP contribution in [0, 0.1) is 5.92 Å². The van der Waals surface area contributed by atoms with Crippen LogP contribution in [-0.4, -0.2) is 36.8 Å². The lowest BCUT2D eigenvalue weighted by atomic mass is 10.0. The van der Waals surface area contributed by atoms with E-state index >= 15 is 0 Å². The van der Waals surface area contributed by atoms with Crippen LogP contribution >= 0.6 is 24.0 Å². The molecule has 2 N–H and O–H groups in total. The summed E-state index contributed by atoms with van der Waals surface area (Å²) in [4.78, 5) is 16.1. The van der Waals surface area contributed by atoms with Gasteiger partial charge in [0.1, 0.15) is 0 Å². The quantitative estimate of drug-likeness (QED) is 0.282. The van der Waals surface area contributed by atoms with Crippen molar-refractivity contribution >= 4 is 29.9 Å². The number of aromatic nitrogens is 1. The summed E-state index contributed by atoms with van der Waals surface area (Å²) in [7, 11) is 1.78. The number of guanidine groups is 1. The first-order chi connectivity index (χ1) is 14.0. The smallest absolute Gasteiger partial charge is 0.250 e. The van der Waals surface area contributed by atoms with E-state index in [1.54, 1.807) is 23.7 Å². The minimum absolute atomic E-state index is 0. The van der Waals surface area contributed by atoms with Crippen LogP contribution in [0.5, 0.6) is 0 Å². The zero-order valence-electron chi connectivity index (χ0n) is 18.4. The van der Waals surface area contributed by atoms with Gasteiger partial charge >= 0.3 is 0 Å². The fourth-order valence-corrected chi connectivity index (χ4v) is 3.11. The van der Waals surface area contributed by atoms with Crippen molar-refractivity contribution in [3.8, 4) is 0 Å². The molecule has 6 nitrogen and oxygen atoms in total. The van der Waals surface area contributed by atoms with Gasteiger partial charge in [-0.3, -0.25) is 9.79 Å². The van der Waals surface area contributed by atoms with Gasteiger partial charge in [0.15, 0.2) is 5.96 Å². The average molecular weight is 526 g/mol. The Bertz CT molecular complexity index is 818. The Labute approximate surface area is 197 Å². The highest BCUT2D eigenvalue weighted by Gasteiger charge is 2.12. The third-order valence-electron chi connectivity index (χ3n) is 4.80. The molecular weight excluding hydrogens is 491 g/mol. The Morgan fingerprint density at radius 1 is 1.10 bits per heavy atom. The van der Waals surface area contributed by atoms with Crippen LogP contribution in [0.2, 0.25) is 0 Å². The molecule has 0 spiro atoms. The van der Waals surface area contributed by atoms with Crippen LogP contribution in [0.15, 0.2) is 58.4 Å². The first-order valence-electron chi connectivity index (χ1n) is 10.3. The van der Waals surface area contributed by atoms with Crippen molar-refractivity contribution in [1.29, 1.82) is 0 Å². The highest BCUT2D eigenvalue weighted by Crippen LogP contribution is 2.10. The van der Waals surface area contributed by atoms with Crippen molar-refractivity contribution in [1.82, 2.24) is 15.2 Å². The molecule has 0 aliphatic heterocycles. The van der Waals surface area contributed by atoms with Gasteiger partial charge in [-0.05, 0) is 36.5 Å². The Morgan fingerprint density at radius 3 is 2.40 bits per heavy atom. The first kappa shape index (κ1) is 26.2. The monoisotopic (exact) mass is 526 g/mol. The standard InChI is InChI=1S/C23H34N4O2.HI/c1-5-29-21(18(2)3)13-14-25-23(24-4)26-16-19-9-11-20(12-10-19)17-27-15-7-6-8-22(27)28;/h6-12,15,18,21H,5,13-14,16-17H2,1-4H3,(H2,24,25,26);1H. The van der Waals surface area contributed by atoms with E-state index in [4.69, 9.17) is 4.74 Å². The SMILES string of the molecule is CCOC(CCNC(=NC)NCc1ccc(Cn2ccccc2=O)cc1)C(C)C.I. The Kier molecular flexibility index (Phi) is 12.4. The molecule has 0 fully saturated rings. The summed E-state index contributed by atoms with van der Waals surface area (Å²) in [5, 5.41) is 6.70. The molecule has 1 aromatic carbocycles. The van der Waals surface area contributed by atoms with E-state index in [0.29, 0.717) is 19.0 Å². The van der Waals surface area contributed by atoms with Gasteiger partial charge in [-0.25, -0.2) is 0 Å². The van der Waals surface area contributed by atoms with Crippen molar-refractivity contribution in [2.75, 3.05) is 20.2 Å². The molecule has 1 aromatic heterocycles. The van der Waals surface area contributed by atoms with Gasteiger partial charge in [-0.2, -0.15) is 0 Å². The summed E-state index contributed by atoms with van der Waals surface area (Å²) < 4.78 is 7.49. The number of pyridine rings is 1. The highest BCUT2D eigenvalue weighted by atomic mass is 127. The van der Waals surface area contributed by atoms with Crippen LogP contribution in [0.25, 0.3) is 0 Å². The van der Waals surface area contributed by atoms with Crippen LogP contribution in [0.3, 0.4) is 0 Å². The molecule has 0 amide bonds. The first-order valence-corrected chi connectivity index (χ1v) is 10.3. The molecule has 1 atom stereocenters. The molecule has 0 bridgehead atoms. The summed E-state index contributed by atoms with van der Waals surface area (Å²) in [6.07, 6.45) is 3.01. The zero-order chi connectivity index (χ0) is 21.1. The Balaban J connectivity index is 0.00000450. The largest absolute Gasteiger partial charge is 0.378 e. The fourth-order valence-electron chi connectivity index (χ4n) is 3.11. The van der Waals surface area contributed by atoms with Gasteiger partial charge in [-0.15, -0.1) is 24.0 Å². The molecule has 0 saturated carbocycles. The highest BCUT2D eigenvalue weighted by molar-refractivity contribution is 14.0. The van der Waals surface area contributed by atoms with Gasteiger partial charge in [0, 0.05) is 39.0 Å². The molecule has 166 valence electrons. The molecule has 2 rings (SSSR count). The van der Waals surface area contributed by atoms with Crippen LogP contribution < -0.4 is 16.2 Å². The molecule has 1 unspecified atom stereocenters. The second kappa shape index (κ2) is 14.2. The summed E-state index contributed by atoms with van der Waals surface area (Å²) in [6, 6.07) is 13.5. The second-order valence-corrected chi connectivity index (χ2v) is 7.36. The molecule has 30 heavy (non-hydrogen) atoms. The number of ether oxygens (including phenoxy) is 1. The number of nitrogens with one attached hydrogen (secondary N) is 2. The third kappa shape index (κ3) is 8.87. The van der Waals surface area contributed by atoms with E-state index in [-0.39, 0.29) is 35.6 Å². The van der Waals surface area contributed by atoms with E-state index in [2.05, 4.69) is 53.7 Å². The van der Waals surface area contributed by atoms with E-state index in [1.807, 2.05) is 19.2 Å². The van der Waals surface area contributed by atoms with E-state index in [1.165, 1.54) is 0 Å². The van der Waals surface area contributed by atoms with Crippen LogP contribution in [0.4, 0.5) is 0 Å². The molecule has 0 radical (unpaired) electrons. The lowest BCUT2D eigenvalue weighted by Crippen LogP contribution is -2.38. The summed E-state index contributed by atoms with van der Waals surface area (Å²) >= 11 is 0. The predicted octanol–water partition coefficient (Wildman–Crippen LogP) is 3.63. The lowest BCUT2D eigenvalue weighted by Gasteiger charge is -2.21. The number of nitrogens with zero attached hydrogens (tertiary/aromatic N) is 2. The minimum atomic E-state index is 0. The molecular formula is C23H35IN4O2. The van der Waals surface area contributed by atoms with Gasteiger partial charge < -0.3 is 19.9 Å². The number of aliphatic imine (C=N–C) groups is 1. The summed E-state index contributed by atoms with van der Waals surface area (Å²) in [5.74, 6) is 1.28. The predicted molar refractivity (Wildman–Crippen MR) is 135 cm³/mol. The minimum Gasteiger partial charge on any atom is -0.378 e. The zero-order valence-corrected chi connectivity index (χ0v) is 20.8. The van der Waals surface area contributed by atoms with Crippen LogP contribution in [0.1, 0.15) is 38.3 Å². The molecule has 0 saturated heterocycles. The number of rotatable bonds is 10. The topological polar surface area (TPSA) is 67.7 Å². The number of halogens is 1. The van der Waals surface area contributed by atoms with E-state index in [0.717, 1.165) is 36.7 Å². The van der Waals surface area contributed by atoms with Gasteiger partial charge in [0.25, 0.3) is 5.56 Å². The van der Waals surface area contributed by atoms with Crippen molar-refractivity contribution in [3.05, 3.63) is 70.1 Å². The van der Waals surface area contributed by atoms with Gasteiger partial charge in [0.2, 0.25) is 0 Å². The Morgan fingerprint density at radius 2 is 1.80 bits per heavy atom. The number of hydrogen-bond acceptors (Lipinski definition) is 3. The van der Waals surface area contributed by atoms with Gasteiger partial charge in [0.05, 0.1) is 12.6 Å². The number of benzene rings is 1. The maximum Gasteiger partial charge on any atom is 0.250 e. The van der Waals surface area contributed by atoms with Crippen molar-refractivity contribution in [3.63, 3.8) is 0 Å². The maximum absolute atomic E-state index is 11.8.